The van der Waals surface area contributed by atoms with E-state index in [9.17, 15) is 4.79 Å². The number of nitrogens with zero attached hydrogens (tertiary/aromatic N) is 2. The SMILES string of the molecule is Cc1cccnc1[C@@H](C)NC(=O)C1(N2CCCC2)CCCC1. The van der Waals surface area contributed by atoms with Gasteiger partial charge in [-0.3, -0.25) is 14.7 Å². The fourth-order valence-corrected chi connectivity index (χ4v) is 4.14. The molecule has 1 aliphatic heterocycles. The Bertz CT molecular complexity index is 531. The zero-order chi connectivity index (χ0) is 15.6. The number of nitrogens with one attached hydrogen (secondary N) is 1. The van der Waals surface area contributed by atoms with Crippen molar-refractivity contribution in [2.45, 2.75) is 64.0 Å². The van der Waals surface area contributed by atoms with E-state index in [1.807, 2.05) is 13.0 Å². The largest absolute Gasteiger partial charge is 0.346 e. The van der Waals surface area contributed by atoms with Gasteiger partial charge in [-0.05, 0) is 64.3 Å². The Balaban J connectivity index is 1.75. The Labute approximate surface area is 133 Å². The molecule has 4 heteroatoms. The number of rotatable bonds is 4. The molecule has 22 heavy (non-hydrogen) atoms. The van der Waals surface area contributed by atoms with Crippen molar-refractivity contribution >= 4 is 5.91 Å². The van der Waals surface area contributed by atoms with Crippen LogP contribution in [0.4, 0.5) is 0 Å². The molecule has 1 aliphatic carbocycles. The summed E-state index contributed by atoms with van der Waals surface area (Å²) in [5.74, 6) is 0.212. The molecule has 2 fully saturated rings. The third-order valence-corrected chi connectivity index (χ3v) is 5.37. The fraction of sp³-hybridized carbons (Fsp3) is 0.667. The monoisotopic (exact) mass is 301 g/mol. The lowest BCUT2D eigenvalue weighted by Gasteiger charge is -2.38. The summed E-state index contributed by atoms with van der Waals surface area (Å²) in [4.78, 5) is 20.0. The smallest absolute Gasteiger partial charge is 0.241 e. The van der Waals surface area contributed by atoms with E-state index in [1.54, 1.807) is 6.20 Å². The van der Waals surface area contributed by atoms with Gasteiger partial charge in [-0.2, -0.15) is 0 Å². The average Bonchev–Trinajstić information content (AvgIpc) is 3.19. The molecule has 0 bridgehead atoms. The number of likely N-dealkylation sites (tertiary alicyclic amines) is 1. The van der Waals surface area contributed by atoms with Crippen molar-refractivity contribution in [3.8, 4) is 0 Å². The summed E-state index contributed by atoms with van der Waals surface area (Å²) in [7, 11) is 0. The minimum atomic E-state index is -0.257. The average molecular weight is 301 g/mol. The minimum Gasteiger partial charge on any atom is -0.346 e. The van der Waals surface area contributed by atoms with Gasteiger partial charge in [-0.25, -0.2) is 0 Å². The maximum absolute atomic E-state index is 13.1. The van der Waals surface area contributed by atoms with E-state index in [0.717, 1.165) is 37.2 Å². The molecule has 1 atom stereocenters. The quantitative estimate of drug-likeness (QED) is 0.930. The highest BCUT2D eigenvalue weighted by molar-refractivity contribution is 5.87. The lowest BCUT2D eigenvalue weighted by atomic mass is 9.93. The second-order valence-electron chi connectivity index (χ2n) is 6.83. The molecule has 0 spiro atoms. The number of pyridine rings is 1. The van der Waals surface area contributed by atoms with Crippen LogP contribution < -0.4 is 5.32 Å². The van der Waals surface area contributed by atoms with Crippen molar-refractivity contribution < 1.29 is 4.79 Å². The normalized spacial score (nSPS) is 22.6. The summed E-state index contributed by atoms with van der Waals surface area (Å²) < 4.78 is 0. The van der Waals surface area contributed by atoms with E-state index in [2.05, 4.69) is 28.2 Å². The van der Waals surface area contributed by atoms with Gasteiger partial charge in [0.2, 0.25) is 5.91 Å². The molecule has 3 rings (SSSR count). The fourth-order valence-electron chi connectivity index (χ4n) is 4.14. The molecule has 4 nitrogen and oxygen atoms in total. The Kier molecular flexibility index (Phi) is 4.48. The van der Waals surface area contributed by atoms with Gasteiger partial charge in [0.05, 0.1) is 11.7 Å². The summed E-state index contributed by atoms with van der Waals surface area (Å²) in [5.41, 5.74) is 1.86. The molecule has 0 aromatic carbocycles. The van der Waals surface area contributed by atoms with Gasteiger partial charge < -0.3 is 5.32 Å². The molecular weight excluding hydrogens is 274 g/mol. The third-order valence-electron chi connectivity index (χ3n) is 5.37. The Morgan fingerprint density at radius 2 is 1.95 bits per heavy atom. The molecule has 1 aromatic heterocycles. The van der Waals surface area contributed by atoms with Crippen molar-refractivity contribution in [3.05, 3.63) is 29.6 Å². The molecule has 0 radical (unpaired) electrons. The van der Waals surface area contributed by atoms with Gasteiger partial charge in [0.25, 0.3) is 0 Å². The van der Waals surface area contributed by atoms with Gasteiger partial charge in [0, 0.05) is 6.20 Å². The standard InChI is InChI=1S/C18H27N3O/c1-14-8-7-11-19-16(14)15(2)20-17(22)18(9-3-4-10-18)21-12-5-6-13-21/h7-8,11,15H,3-6,9-10,12-13H2,1-2H3,(H,20,22)/t15-/m1/s1. The maximum atomic E-state index is 13.1. The Hall–Kier alpha value is -1.42. The summed E-state index contributed by atoms with van der Waals surface area (Å²) >= 11 is 0. The lowest BCUT2D eigenvalue weighted by molar-refractivity contribution is -0.133. The van der Waals surface area contributed by atoms with Gasteiger partial charge >= 0.3 is 0 Å². The second-order valence-corrected chi connectivity index (χ2v) is 6.83. The van der Waals surface area contributed by atoms with E-state index in [-0.39, 0.29) is 17.5 Å². The van der Waals surface area contributed by atoms with E-state index in [1.165, 1.54) is 25.7 Å². The minimum absolute atomic E-state index is 0.0335. The van der Waals surface area contributed by atoms with Crippen LogP contribution in [0.5, 0.6) is 0 Å². The molecule has 1 saturated heterocycles. The van der Waals surface area contributed by atoms with Gasteiger partial charge in [0.1, 0.15) is 5.54 Å². The zero-order valence-electron chi connectivity index (χ0n) is 13.8. The predicted molar refractivity (Wildman–Crippen MR) is 87.5 cm³/mol. The topological polar surface area (TPSA) is 45.2 Å². The van der Waals surface area contributed by atoms with Crippen LogP contribution in [-0.4, -0.2) is 34.4 Å². The molecule has 1 aromatic rings. The summed E-state index contributed by atoms with van der Waals surface area (Å²) in [6.45, 7) is 6.24. The first-order valence-corrected chi connectivity index (χ1v) is 8.61. The summed E-state index contributed by atoms with van der Waals surface area (Å²) in [6.07, 6.45) is 8.60. The number of carbonyl (C=O) groups excluding carboxylic acids is 1. The van der Waals surface area contributed by atoms with Crippen LogP contribution in [0.2, 0.25) is 0 Å². The molecule has 1 saturated carbocycles. The molecule has 1 amide bonds. The van der Waals surface area contributed by atoms with Gasteiger partial charge in [-0.15, -0.1) is 0 Å². The van der Waals surface area contributed by atoms with Crippen molar-refractivity contribution in [2.75, 3.05) is 13.1 Å². The van der Waals surface area contributed by atoms with Crippen LogP contribution in [0.1, 0.15) is 62.7 Å². The molecule has 0 unspecified atom stereocenters. The van der Waals surface area contributed by atoms with Gasteiger partial charge in [0.15, 0.2) is 0 Å². The maximum Gasteiger partial charge on any atom is 0.241 e. The lowest BCUT2D eigenvalue weighted by Crippen LogP contribution is -2.56. The van der Waals surface area contributed by atoms with Crippen LogP contribution in [0.3, 0.4) is 0 Å². The van der Waals surface area contributed by atoms with E-state index < -0.39 is 0 Å². The third kappa shape index (κ3) is 2.76. The molecule has 2 heterocycles. The highest BCUT2D eigenvalue weighted by Gasteiger charge is 2.47. The molecule has 120 valence electrons. The van der Waals surface area contributed by atoms with E-state index >= 15 is 0 Å². The van der Waals surface area contributed by atoms with E-state index in [0.29, 0.717) is 0 Å². The first kappa shape index (κ1) is 15.5. The Morgan fingerprint density at radius 1 is 1.27 bits per heavy atom. The van der Waals surface area contributed by atoms with Crippen molar-refractivity contribution in [3.63, 3.8) is 0 Å². The second kappa shape index (κ2) is 6.37. The number of hydrogen-bond donors (Lipinski definition) is 1. The molecule has 2 aliphatic rings. The summed E-state index contributed by atoms with van der Waals surface area (Å²) in [6, 6.07) is 3.96. The first-order valence-electron chi connectivity index (χ1n) is 8.61. The van der Waals surface area contributed by atoms with E-state index in [4.69, 9.17) is 0 Å². The van der Waals surface area contributed by atoms with Gasteiger partial charge in [-0.1, -0.05) is 18.9 Å². The van der Waals surface area contributed by atoms with Crippen LogP contribution in [0.25, 0.3) is 0 Å². The van der Waals surface area contributed by atoms with Crippen LogP contribution in [-0.2, 0) is 4.79 Å². The predicted octanol–water partition coefficient (Wildman–Crippen LogP) is 2.98. The highest BCUT2D eigenvalue weighted by Crippen LogP contribution is 2.38. The number of aryl methyl sites for hydroxylation is 1. The van der Waals surface area contributed by atoms with Crippen molar-refractivity contribution in [1.82, 2.24) is 15.2 Å². The highest BCUT2D eigenvalue weighted by atomic mass is 16.2. The van der Waals surface area contributed by atoms with Crippen LogP contribution in [0, 0.1) is 6.92 Å². The Morgan fingerprint density at radius 3 is 2.59 bits per heavy atom. The van der Waals surface area contributed by atoms with Crippen molar-refractivity contribution in [1.29, 1.82) is 0 Å². The molecule has 1 N–H and O–H groups in total. The van der Waals surface area contributed by atoms with Crippen molar-refractivity contribution in [2.24, 2.45) is 0 Å². The number of aromatic nitrogens is 1. The summed E-state index contributed by atoms with van der Waals surface area (Å²) in [5, 5.41) is 3.25. The number of hydrogen-bond acceptors (Lipinski definition) is 3. The van der Waals surface area contributed by atoms with Crippen LogP contribution in [0.15, 0.2) is 18.3 Å². The number of carbonyl (C=O) groups is 1. The number of amides is 1. The first-order chi connectivity index (χ1) is 10.6. The zero-order valence-corrected chi connectivity index (χ0v) is 13.8. The molecular formula is C18H27N3O. The van der Waals surface area contributed by atoms with Crippen LogP contribution >= 0.6 is 0 Å².